The lowest BCUT2D eigenvalue weighted by molar-refractivity contribution is 0.0596. The molecule has 4 nitrogen and oxygen atoms in total. The van der Waals surface area contributed by atoms with E-state index in [9.17, 15) is 4.79 Å². The van der Waals surface area contributed by atoms with Gasteiger partial charge in [-0.1, -0.05) is 23.7 Å². The van der Waals surface area contributed by atoms with Gasteiger partial charge in [-0.2, -0.15) is 0 Å². The van der Waals surface area contributed by atoms with Gasteiger partial charge in [0.1, 0.15) is 5.03 Å². The van der Waals surface area contributed by atoms with E-state index in [1.165, 1.54) is 25.1 Å². The number of anilines is 1. The third-order valence-electron chi connectivity index (χ3n) is 2.57. The second-order valence-corrected chi connectivity index (χ2v) is 5.43. The van der Waals surface area contributed by atoms with E-state index in [2.05, 4.69) is 4.98 Å². The van der Waals surface area contributed by atoms with Crippen molar-refractivity contribution in [2.45, 2.75) is 10.8 Å². The molecule has 0 radical (unpaired) electrons. The zero-order chi connectivity index (χ0) is 14.5. The predicted octanol–water partition coefficient (Wildman–Crippen LogP) is 3.40. The van der Waals surface area contributed by atoms with Gasteiger partial charge in [0.05, 0.1) is 24.6 Å². The van der Waals surface area contributed by atoms with Crippen molar-refractivity contribution in [2.24, 2.45) is 0 Å². The minimum atomic E-state index is -0.441. The number of benzene rings is 1. The van der Waals surface area contributed by atoms with Crippen LogP contribution in [0.1, 0.15) is 15.9 Å². The summed E-state index contributed by atoms with van der Waals surface area (Å²) in [6.07, 6.45) is 1.52. The first-order chi connectivity index (χ1) is 9.60. The van der Waals surface area contributed by atoms with Gasteiger partial charge in [-0.25, -0.2) is 9.78 Å². The highest BCUT2D eigenvalue weighted by atomic mass is 35.5. The number of nitrogens with two attached hydrogens (primary N) is 1. The highest BCUT2D eigenvalue weighted by Crippen LogP contribution is 2.26. The minimum absolute atomic E-state index is 0.381. The summed E-state index contributed by atoms with van der Waals surface area (Å²) in [5, 5.41) is 1.29. The number of halogens is 1. The first kappa shape index (κ1) is 14.7. The van der Waals surface area contributed by atoms with Gasteiger partial charge in [-0.05, 0) is 23.8 Å². The molecule has 0 spiro atoms. The molecular formula is C14H13ClN2O2S. The smallest absolute Gasteiger partial charge is 0.340 e. The molecule has 2 aromatic rings. The first-order valence-corrected chi connectivity index (χ1v) is 7.17. The van der Waals surface area contributed by atoms with Crippen molar-refractivity contribution < 1.29 is 9.53 Å². The summed E-state index contributed by atoms with van der Waals surface area (Å²) in [4.78, 5) is 15.9. The van der Waals surface area contributed by atoms with E-state index in [-0.39, 0.29) is 0 Å². The number of rotatable bonds is 4. The van der Waals surface area contributed by atoms with E-state index < -0.39 is 5.97 Å². The Hall–Kier alpha value is -1.72. The summed E-state index contributed by atoms with van der Waals surface area (Å²) >= 11 is 7.29. The van der Waals surface area contributed by atoms with Crippen molar-refractivity contribution in [3.8, 4) is 0 Å². The van der Waals surface area contributed by atoms with Crippen LogP contribution in [-0.2, 0) is 10.5 Å². The Morgan fingerprint density at radius 2 is 2.10 bits per heavy atom. The molecule has 2 N–H and O–H groups in total. The number of nitrogen functional groups attached to an aromatic ring is 1. The molecule has 1 aromatic heterocycles. The average Bonchev–Trinajstić information content (AvgIpc) is 2.46. The molecule has 0 saturated heterocycles. The first-order valence-electron chi connectivity index (χ1n) is 5.81. The number of thioether (sulfide) groups is 1. The number of hydrogen-bond acceptors (Lipinski definition) is 5. The fraction of sp³-hybridized carbons (Fsp3) is 0.143. The minimum Gasteiger partial charge on any atom is -0.465 e. The molecule has 0 aliphatic rings. The number of carbonyl (C=O) groups excluding carboxylic acids is 1. The molecule has 0 saturated carbocycles. The van der Waals surface area contributed by atoms with Crippen molar-refractivity contribution >= 4 is 35.0 Å². The van der Waals surface area contributed by atoms with Crippen molar-refractivity contribution in [1.82, 2.24) is 4.98 Å². The SMILES string of the molecule is COC(=O)c1cc(N)cnc1SCc1ccc(Cl)cc1. The molecular weight excluding hydrogens is 296 g/mol. The van der Waals surface area contributed by atoms with E-state index in [0.29, 0.717) is 27.1 Å². The molecule has 20 heavy (non-hydrogen) atoms. The second kappa shape index (κ2) is 6.63. The van der Waals surface area contributed by atoms with Gasteiger partial charge < -0.3 is 10.5 Å². The van der Waals surface area contributed by atoms with Gasteiger partial charge in [-0.3, -0.25) is 0 Å². The van der Waals surface area contributed by atoms with Crippen LogP contribution in [0.2, 0.25) is 5.02 Å². The fourth-order valence-electron chi connectivity index (χ4n) is 1.57. The predicted molar refractivity (Wildman–Crippen MR) is 81.0 cm³/mol. The second-order valence-electron chi connectivity index (χ2n) is 4.03. The van der Waals surface area contributed by atoms with Crippen LogP contribution in [0.5, 0.6) is 0 Å². The lowest BCUT2D eigenvalue weighted by atomic mass is 10.2. The molecule has 0 fully saturated rings. The standard InChI is InChI=1S/C14H13ClN2O2S/c1-19-14(18)12-6-11(16)7-17-13(12)20-8-9-2-4-10(15)5-3-9/h2-7H,8,16H2,1H3. The summed E-state index contributed by atoms with van der Waals surface area (Å²) in [5.74, 6) is 0.237. The zero-order valence-electron chi connectivity index (χ0n) is 10.8. The van der Waals surface area contributed by atoms with E-state index in [1.54, 1.807) is 6.07 Å². The van der Waals surface area contributed by atoms with Crippen LogP contribution in [-0.4, -0.2) is 18.1 Å². The topological polar surface area (TPSA) is 65.2 Å². The molecule has 0 aliphatic carbocycles. The maximum Gasteiger partial charge on any atom is 0.340 e. The summed E-state index contributed by atoms with van der Waals surface area (Å²) in [6.45, 7) is 0. The average molecular weight is 309 g/mol. The Morgan fingerprint density at radius 3 is 2.75 bits per heavy atom. The van der Waals surface area contributed by atoms with E-state index in [1.807, 2.05) is 24.3 Å². The highest BCUT2D eigenvalue weighted by molar-refractivity contribution is 7.98. The van der Waals surface area contributed by atoms with E-state index in [0.717, 1.165) is 5.56 Å². The number of esters is 1. The maximum atomic E-state index is 11.7. The number of aromatic nitrogens is 1. The van der Waals surface area contributed by atoms with Crippen LogP contribution < -0.4 is 5.73 Å². The van der Waals surface area contributed by atoms with Crippen LogP contribution in [0.15, 0.2) is 41.6 Å². The molecule has 1 aromatic carbocycles. The lowest BCUT2D eigenvalue weighted by Crippen LogP contribution is -2.06. The van der Waals surface area contributed by atoms with E-state index >= 15 is 0 Å². The summed E-state index contributed by atoms with van der Waals surface area (Å²) < 4.78 is 4.73. The van der Waals surface area contributed by atoms with Crippen LogP contribution in [0.25, 0.3) is 0 Å². The molecule has 0 bridgehead atoms. The molecule has 104 valence electrons. The Morgan fingerprint density at radius 1 is 1.40 bits per heavy atom. The van der Waals surface area contributed by atoms with Crippen LogP contribution in [0.4, 0.5) is 5.69 Å². The Labute approximate surface area is 126 Å². The Balaban J connectivity index is 2.16. The van der Waals surface area contributed by atoms with E-state index in [4.69, 9.17) is 22.1 Å². The number of pyridine rings is 1. The van der Waals surface area contributed by atoms with Gasteiger partial charge in [0.15, 0.2) is 0 Å². The molecule has 0 amide bonds. The van der Waals surface area contributed by atoms with Gasteiger partial charge in [0.2, 0.25) is 0 Å². The van der Waals surface area contributed by atoms with Crippen LogP contribution in [0.3, 0.4) is 0 Å². The maximum absolute atomic E-state index is 11.7. The molecule has 6 heteroatoms. The number of nitrogens with zero attached hydrogens (tertiary/aromatic N) is 1. The molecule has 0 unspecified atom stereocenters. The van der Waals surface area contributed by atoms with Gasteiger partial charge in [-0.15, -0.1) is 11.8 Å². The van der Waals surface area contributed by atoms with Crippen molar-refractivity contribution in [3.05, 3.63) is 52.7 Å². The summed E-state index contributed by atoms with van der Waals surface area (Å²) in [5.41, 5.74) is 7.55. The third kappa shape index (κ3) is 3.65. The Kier molecular flexibility index (Phi) is 4.87. The quantitative estimate of drug-likeness (QED) is 0.692. The van der Waals surface area contributed by atoms with Crippen LogP contribution in [0, 0.1) is 0 Å². The molecule has 0 aliphatic heterocycles. The van der Waals surface area contributed by atoms with Gasteiger partial charge >= 0.3 is 5.97 Å². The largest absolute Gasteiger partial charge is 0.465 e. The Bertz CT molecular complexity index is 617. The van der Waals surface area contributed by atoms with Gasteiger partial charge in [0.25, 0.3) is 0 Å². The normalized spacial score (nSPS) is 10.3. The van der Waals surface area contributed by atoms with Crippen molar-refractivity contribution in [1.29, 1.82) is 0 Å². The number of ether oxygens (including phenoxy) is 1. The van der Waals surface area contributed by atoms with Crippen molar-refractivity contribution in [2.75, 3.05) is 12.8 Å². The summed E-state index contributed by atoms with van der Waals surface area (Å²) in [6, 6.07) is 9.10. The molecule has 1 heterocycles. The summed E-state index contributed by atoms with van der Waals surface area (Å²) in [7, 11) is 1.33. The number of methoxy groups -OCH3 is 1. The monoisotopic (exact) mass is 308 g/mol. The molecule has 2 rings (SSSR count). The zero-order valence-corrected chi connectivity index (χ0v) is 12.4. The van der Waals surface area contributed by atoms with Gasteiger partial charge in [0, 0.05) is 10.8 Å². The number of hydrogen-bond donors (Lipinski definition) is 1. The number of carbonyl (C=O) groups is 1. The lowest BCUT2D eigenvalue weighted by Gasteiger charge is -2.07. The molecule has 0 atom stereocenters. The fourth-order valence-corrected chi connectivity index (χ4v) is 2.62. The third-order valence-corrected chi connectivity index (χ3v) is 3.89. The van der Waals surface area contributed by atoms with Crippen molar-refractivity contribution in [3.63, 3.8) is 0 Å². The highest BCUT2D eigenvalue weighted by Gasteiger charge is 2.14. The van der Waals surface area contributed by atoms with Crippen LogP contribution >= 0.6 is 23.4 Å².